The van der Waals surface area contributed by atoms with Crippen LogP contribution in [0.1, 0.15) is 13.8 Å². The van der Waals surface area contributed by atoms with Crippen LogP contribution in [0.5, 0.6) is 0 Å². The molecule has 2 rings (SSSR count). The Hall–Kier alpha value is -2.10. The molecule has 17 heavy (non-hydrogen) atoms. The lowest BCUT2D eigenvalue weighted by molar-refractivity contribution is 0.305. The zero-order chi connectivity index (χ0) is 12.3. The summed E-state index contributed by atoms with van der Waals surface area (Å²) in [5.41, 5.74) is 2.59. The Morgan fingerprint density at radius 2 is 1.71 bits per heavy atom. The van der Waals surface area contributed by atoms with Crippen LogP contribution in [0.15, 0.2) is 42.2 Å². The van der Waals surface area contributed by atoms with Gasteiger partial charge in [0.25, 0.3) is 0 Å². The van der Waals surface area contributed by atoms with Crippen molar-refractivity contribution >= 4 is 16.7 Å². The third-order valence-electron chi connectivity index (χ3n) is 2.51. The largest absolute Gasteiger partial charge is 0.495 e. The molecule has 0 N–H and O–H groups in total. The average molecular weight is 229 g/mol. The molecule has 0 atom stereocenters. The van der Waals surface area contributed by atoms with Crippen LogP contribution in [0.4, 0.5) is 0 Å². The smallest absolute Gasteiger partial charge is 0.141 e. The van der Waals surface area contributed by atoms with Crippen LogP contribution in [0.25, 0.3) is 16.7 Å². The molecule has 1 aromatic heterocycles. The average Bonchev–Trinajstić information content (AvgIpc) is 2.78. The summed E-state index contributed by atoms with van der Waals surface area (Å²) in [6, 6.07) is 7.77. The maximum absolute atomic E-state index is 5.29. The van der Waals surface area contributed by atoms with Gasteiger partial charge in [0, 0.05) is 0 Å². The minimum absolute atomic E-state index is 0.757. The quantitative estimate of drug-likeness (QED) is 0.600. The van der Waals surface area contributed by atoms with Gasteiger partial charge in [-0.15, -0.1) is 15.0 Å². The number of nitrogens with zero attached hydrogens (tertiary/aromatic N) is 3. The Morgan fingerprint density at radius 1 is 1.12 bits per heavy atom. The van der Waals surface area contributed by atoms with Crippen molar-refractivity contribution < 1.29 is 4.74 Å². The minimum Gasteiger partial charge on any atom is -0.495 e. The Kier molecular flexibility index (Phi) is 3.23. The van der Waals surface area contributed by atoms with Gasteiger partial charge in [-0.2, -0.15) is 0 Å². The number of hydrogen-bond donors (Lipinski definition) is 0. The SMILES string of the molecule is CC=C(OC)C(=CC)n1nc2ccccc2n1. The number of hydrogen-bond acceptors (Lipinski definition) is 3. The topological polar surface area (TPSA) is 39.9 Å². The summed E-state index contributed by atoms with van der Waals surface area (Å²) < 4.78 is 5.29. The Bertz CT molecular complexity index is 548. The van der Waals surface area contributed by atoms with E-state index < -0.39 is 0 Å². The molecule has 0 saturated carbocycles. The van der Waals surface area contributed by atoms with Gasteiger partial charge in [-0.05, 0) is 32.1 Å². The van der Waals surface area contributed by atoms with E-state index in [1.165, 1.54) is 0 Å². The number of fused-ring (bicyclic) bond motifs is 1. The molecule has 0 aliphatic heterocycles. The first-order valence-corrected chi connectivity index (χ1v) is 5.49. The third kappa shape index (κ3) is 2.06. The number of aromatic nitrogens is 3. The molecule has 4 heteroatoms. The van der Waals surface area contributed by atoms with Crippen molar-refractivity contribution in [3.8, 4) is 0 Å². The molecule has 4 nitrogen and oxygen atoms in total. The Morgan fingerprint density at radius 3 is 2.12 bits per heavy atom. The number of methoxy groups -OCH3 is 1. The van der Waals surface area contributed by atoms with Gasteiger partial charge in [-0.25, -0.2) is 0 Å². The zero-order valence-electron chi connectivity index (χ0n) is 10.2. The number of allylic oxidation sites excluding steroid dienone is 3. The lowest BCUT2D eigenvalue weighted by Crippen LogP contribution is -2.05. The van der Waals surface area contributed by atoms with Gasteiger partial charge in [-0.3, -0.25) is 0 Å². The fourth-order valence-corrected chi connectivity index (χ4v) is 1.69. The van der Waals surface area contributed by atoms with Crippen molar-refractivity contribution in [1.29, 1.82) is 0 Å². The van der Waals surface area contributed by atoms with Crippen LogP contribution in [-0.2, 0) is 4.74 Å². The lowest BCUT2D eigenvalue weighted by Gasteiger charge is -2.08. The van der Waals surface area contributed by atoms with E-state index in [0.717, 1.165) is 22.5 Å². The first-order valence-electron chi connectivity index (χ1n) is 5.49. The summed E-state index contributed by atoms with van der Waals surface area (Å²) in [6.45, 7) is 3.86. The van der Waals surface area contributed by atoms with Crippen LogP contribution in [-0.4, -0.2) is 22.1 Å². The van der Waals surface area contributed by atoms with Gasteiger partial charge < -0.3 is 4.74 Å². The second-order valence-electron chi connectivity index (χ2n) is 3.51. The van der Waals surface area contributed by atoms with Crippen molar-refractivity contribution in [1.82, 2.24) is 15.0 Å². The van der Waals surface area contributed by atoms with Crippen LogP contribution in [0, 0.1) is 0 Å². The van der Waals surface area contributed by atoms with E-state index in [1.807, 2.05) is 50.3 Å². The van der Waals surface area contributed by atoms with Gasteiger partial charge in [0.15, 0.2) is 0 Å². The standard InChI is InChI=1S/C13H15N3O/c1-4-12(13(5-2)17-3)16-14-10-8-6-7-9-11(10)15-16/h4-9H,1-3H3. The van der Waals surface area contributed by atoms with Crippen LogP contribution in [0.2, 0.25) is 0 Å². The second-order valence-corrected chi connectivity index (χ2v) is 3.51. The Labute approximate surface area is 100 Å². The Balaban J connectivity index is 2.51. The van der Waals surface area contributed by atoms with Gasteiger partial charge >= 0.3 is 0 Å². The van der Waals surface area contributed by atoms with E-state index in [4.69, 9.17) is 4.74 Å². The van der Waals surface area contributed by atoms with Crippen LogP contribution >= 0.6 is 0 Å². The van der Waals surface area contributed by atoms with E-state index in [2.05, 4.69) is 10.2 Å². The predicted octanol–water partition coefficient (Wildman–Crippen LogP) is 2.84. The summed E-state index contributed by atoms with van der Waals surface area (Å²) >= 11 is 0. The molecule has 0 saturated heterocycles. The summed E-state index contributed by atoms with van der Waals surface area (Å²) in [5.74, 6) is 0.757. The van der Waals surface area contributed by atoms with E-state index in [9.17, 15) is 0 Å². The molecule has 0 bridgehead atoms. The molecule has 0 aliphatic carbocycles. The third-order valence-corrected chi connectivity index (χ3v) is 2.51. The molecule has 88 valence electrons. The normalized spacial score (nSPS) is 13.1. The summed E-state index contributed by atoms with van der Waals surface area (Å²) in [5, 5.41) is 8.83. The van der Waals surface area contributed by atoms with Crippen molar-refractivity contribution in [2.24, 2.45) is 0 Å². The van der Waals surface area contributed by atoms with Crippen molar-refractivity contribution in [2.45, 2.75) is 13.8 Å². The highest BCUT2D eigenvalue weighted by Crippen LogP contribution is 2.17. The maximum Gasteiger partial charge on any atom is 0.141 e. The van der Waals surface area contributed by atoms with Crippen molar-refractivity contribution in [2.75, 3.05) is 7.11 Å². The molecule has 0 amide bonds. The van der Waals surface area contributed by atoms with E-state index in [0.29, 0.717) is 0 Å². The molecule has 1 heterocycles. The molecular weight excluding hydrogens is 214 g/mol. The zero-order valence-corrected chi connectivity index (χ0v) is 10.2. The molecule has 1 aromatic carbocycles. The second kappa shape index (κ2) is 4.82. The first-order chi connectivity index (χ1) is 8.30. The molecule has 0 aliphatic rings. The van der Waals surface area contributed by atoms with Gasteiger partial charge in [-0.1, -0.05) is 18.2 Å². The predicted molar refractivity (Wildman–Crippen MR) is 68.2 cm³/mol. The van der Waals surface area contributed by atoms with Gasteiger partial charge in [0.2, 0.25) is 0 Å². The fraction of sp³-hybridized carbons (Fsp3) is 0.231. The summed E-state index contributed by atoms with van der Waals surface area (Å²) in [4.78, 5) is 1.60. The summed E-state index contributed by atoms with van der Waals surface area (Å²) in [7, 11) is 1.64. The van der Waals surface area contributed by atoms with E-state index >= 15 is 0 Å². The molecule has 0 spiro atoms. The fourth-order valence-electron chi connectivity index (χ4n) is 1.69. The van der Waals surface area contributed by atoms with Crippen LogP contribution in [0.3, 0.4) is 0 Å². The highest BCUT2D eigenvalue weighted by Gasteiger charge is 2.10. The molecule has 2 aromatic rings. The highest BCUT2D eigenvalue weighted by molar-refractivity contribution is 5.74. The highest BCUT2D eigenvalue weighted by atomic mass is 16.5. The number of benzene rings is 1. The van der Waals surface area contributed by atoms with Crippen molar-refractivity contribution in [3.63, 3.8) is 0 Å². The maximum atomic E-state index is 5.29. The monoisotopic (exact) mass is 229 g/mol. The number of ether oxygens (including phenoxy) is 1. The van der Waals surface area contributed by atoms with Gasteiger partial charge in [0.05, 0.1) is 7.11 Å². The summed E-state index contributed by atoms with van der Waals surface area (Å²) in [6.07, 6.45) is 3.82. The number of rotatable bonds is 3. The van der Waals surface area contributed by atoms with E-state index in [-0.39, 0.29) is 0 Å². The molecular formula is C13H15N3O. The minimum atomic E-state index is 0.757. The first kappa shape index (κ1) is 11.4. The van der Waals surface area contributed by atoms with Crippen LogP contribution < -0.4 is 0 Å². The van der Waals surface area contributed by atoms with Crippen molar-refractivity contribution in [3.05, 3.63) is 42.2 Å². The molecule has 0 unspecified atom stereocenters. The molecule has 0 radical (unpaired) electrons. The molecule has 0 fully saturated rings. The lowest BCUT2D eigenvalue weighted by atomic mass is 10.3. The van der Waals surface area contributed by atoms with E-state index in [1.54, 1.807) is 11.9 Å². The van der Waals surface area contributed by atoms with Gasteiger partial charge in [0.1, 0.15) is 22.5 Å².